The van der Waals surface area contributed by atoms with Crippen LogP contribution in [0.25, 0.3) is 43.7 Å². The molecule has 2 heterocycles. The standard InChI is InChI=1S/C40H30N6/c41-25-31-21-29(17-19-45-31)39(43)15-7-1-9-27-23-37-36-14-6-4-12-34(36)28(24-38(37)35-13-5-3-11-33(27)35)10-2-8-16-40(44)30-18-20-46-32(22-30)26-42/h1-8,11-24H,9-10,43-44H2/b7-1-,8-2-,39-15-,40-16-. The Balaban J connectivity index is 1.32. The van der Waals surface area contributed by atoms with E-state index in [-0.39, 0.29) is 0 Å². The maximum atomic E-state index is 9.14. The van der Waals surface area contributed by atoms with Crippen molar-refractivity contribution in [3.8, 4) is 12.1 Å². The molecule has 0 aliphatic carbocycles. The van der Waals surface area contributed by atoms with E-state index in [1.165, 1.54) is 43.4 Å². The molecule has 6 aromatic rings. The van der Waals surface area contributed by atoms with Gasteiger partial charge in [0.1, 0.15) is 23.5 Å². The van der Waals surface area contributed by atoms with Crippen LogP contribution in [-0.2, 0) is 12.8 Å². The maximum absolute atomic E-state index is 9.14. The summed E-state index contributed by atoms with van der Waals surface area (Å²) >= 11 is 0. The van der Waals surface area contributed by atoms with Gasteiger partial charge < -0.3 is 11.5 Å². The fourth-order valence-electron chi connectivity index (χ4n) is 5.71. The van der Waals surface area contributed by atoms with Crippen LogP contribution in [0.4, 0.5) is 0 Å². The lowest BCUT2D eigenvalue weighted by Crippen LogP contribution is -1.97. The lowest BCUT2D eigenvalue weighted by Gasteiger charge is -2.14. The molecule has 220 valence electrons. The first kappa shape index (κ1) is 29.6. The molecule has 6 heteroatoms. The number of hydrogen-bond acceptors (Lipinski definition) is 6. The number of benzene rings is 4. The van der Waals surface area contributed by atoms with Gasteiger partial charge in [0.05, 0.1) is 0 Å². The normalized spacial score (nSPS) is 12.3. The molecule has 4 N–H and O–H groups in total. The Hall–Kier alpha value is -6.50. The highest BCUT2D eigenvalue weighted by Crippen LogP contribution is 2.36. The molecule has 6 rings (SSSR count). The zero-order valence-electron chi connectivity index (χ0n) is 25.1. The van der Waals surface area contributed by atoms with E-state index in [0.29, 0.717) is 22.8 Å². The number of pyridine rings is 2. The van der Waals surface area contributed by atoms with Gasteiger partial charge in [-0.2, -0.15) is 10.5 Å². The molecule has 0 aliphatic heterocycles. The summed E-state index contributed by atoms with van der Waals surface area (Å²) in [5.74, 6) is 0. The molecular weight excluding hydrogens is 564 g/mol. The first-order valence-corrected chi connectivity index (χ1v) is 14.9. The molecule has 4 aromatic carbocycles. The van der Waals surface area contributed by atoms with E-state index in [1.807, 2.05) is 24.3 Å². The van der Waals surface area contributed by atoms with Gasteiger partial charge in [0, 0.05) is 34.9 Å². The number of fused-ring (bicyclic) bond motifs is 5. The molecule has 0 saturated heterocycles. The van der Waals surface area contributed by atoms with Gasteiger partial charge in [0.2, 0.25) is 0 Å². The summed E-state index contributed by atoms with van der Waals surface area (Å²) in [6.45, 7) is 0. The van der Waals surface area contributed by atoms with E-state index in [4.69, 9.17) is 22.0 Å². The Labute approximate surface area is 267 Å². The van der Waals surface area contributed by atoms with Gasteiger partial charge in [-0.15, -0.1) is 0 Å². The topological polar surface area (TPSA) is 125 Å². The van der Waals surface area contributed by atoms with E-state index in [1.54, 1.807) is 36.7 Å². The molecule has 0 amide bonds. The molecule has 0 unspecified atom stereocenters. The van der Waals surface area contributed by atoms with Crippen molar-refractivity contribution in [2.75, 3.05) is 0 Å². The second kappa shape index (κ2) is 13.4. The SMILES string of the molecule is N#Cc1cc(/C(N)=C/C=C\Cc2cc3c4ccccc4c(C/C=C\C=C(/N)c4ccnc(C#N)c4)cc3c3ccccc23)ccn1. The van der Waals surface area contributed by atoms with Gasteiger partial charge in [0.15, 0.2) is 0 Å². The fraction of sp³-hybridized carbons (Fsp3) is 0.0500. The van der Waals surface area contributed by atoms with Crippen LogP contribution in [-0.4, -0.2) is 9.97 Å². The Bertz CT molecular complexity index is 2150. The van der Waals surface area contributed by atoms with Crippen LogP contribution in [0.2, 0.25) is 0 Å². The minimum absolute atomic E-state index is 0.338. The maximum Gasteiger partial charge on any atom is 0.141 e. The first-order chi connectivity index (χ1) is 22.6. The highest BCUT2D eigenvalue weighted by Gasteiger charge is 2.11. The number of allylic oxidation sites excluding steroid dienone is 6. The lowest BCUT2D eigenvalue weighted by molar-refractivity contribution is 1.25. The van der Waals surface area contributed by atoms with E-state index >= 15 is 0 Å². The van der Waals surface area contributed by atoms with Gasteiger partial charge in [-0.3, -0.25) is 0 Å². The minimum atomic E-state index is 0.338. The van der Waals surface area contributed by atoms with Gasteiger partial charge in [-0.1, -0.05) is 72.8 Å². The zero-order chi connectivity index (χ0) is 31.9. The van der Waals surface area contributed by atoms with E-state index < -0.39 is 0 Å². The zero-order valence-corrected chi connectivity index (χ0v) is 25.1. The summed E-state index contributed by atoms with van der Waals surface area (Å²) in [5, 5.41) is 25.6. The van der Waals surface area contributed by atoms with Crippen molar-refractivity contribution < 1.29 is 0 Å². The molecular formula is C40H30N6. The molecule has 0 fully saturated rings. The molecule has 2 aromatic heterocycles. The monoisotopic (exact) mass is 594 g/mol. The highest BCUT2D eigenvalue weighted by molar-refractivity contribution is 6.19. The number of hydrogen-bond donors (Lipinski definition) is 2. The van der Waals surface area contributed by atoms with E-state index in [9.17, 15) is 0 Å². The fourth-order valence-corrected chi connectivity index (χ4v) is 5.71. The largest absolute Gasteiger partial charge is 0.398 e. The van der Waals surface area contributed by atoms with Crippen LogP contribution in [0.15, 0.2) is 134 Å². The van der Waals surface area contributed by atoms with Crippen molar-refractivity contribution in [1.29, 1.82) is 10.5 Å². The smallest absolute Gasteiger partial charge is 0.141 e. The summed E-state index contributed by atoms with van der Waals surface area (Å²) in [6.07, 6.45) is 16.5. The summed E-state index contributed by atoms with van der Waals surface area (Å²) in [7, 11) is 0. The molecule has 0 atom stereocenters. The Morgan fingerprint density at radius 1 is 0.565 bits per heavy atom. The van der Waals surface area contributed by atoms with Crippen LogP contribution >= 0.6 is 0 Å². The number of nitrogens with two attached hydrogens (primary N) is 2. The number of nitrogens with zero attached hydrogens (tertiary/aromatic N) is 4. The first-order valence-electron chi connectivity index (χ1n) is 14.9. The third kappa shape index (κ3) is 6.24. The van der Waals surface area contributed by atoms with Gasteiger partial charge in [-0.25, -0.2) is 9.97 Å². The number of aromatic nitrogens is 2. The van der Waals surface area contributed by atoms with Gasteiger partial charge in [-0.05, 0) is 105 Å². The van der Waals surface area contributed by atoms with E-state index in [2.05, 4.69) is 94.9 Å². The summed E-state index contributed by atoms with van der Waals surface area (Å²) in [6, 6.07) is 32.8. The second-order valence-corrected chi connectivity index (χ2v) is 10.8. The Kier molecular flexibility index (Phi) is 8.63. The molecule has 0 bridgehead atoms. The summed E-state index contributed by atoms with van der Waals surface area (Å²) < 4.78 is 0. The summed E-state index contributed by atoms with van der Waals surface area (Å²) in [4.78, 5) is 8.03. The van der Waals surface area contributed by atoms with Crippen LogP contribution in [0.5, 0.6) is 0 Å². The minimum Gasteiger partial charge on any atom is -0.398 e. The average molecular weight is 595 g/mol. The number of nitriles is 2. The van der Waals surface area contributed by atoms with Crippen LogP contribution in [0.3, 0.4) is 0 Å². The molecule has 0 spiro atoms. The van der Waals surface area contributed by atoms with Crippen molar-refractivity contribution in [2.45, 2.75) is 12.8 Å². The predicted octanol–water partition coefficient (Wildman–Crippen LogP) is 7.88. The van der Waals surface area contributed by atoms with Crippen molar-refractivity contribution in [1.82, 2.24) is 9.97 Å². The van der Waals surface area contributed by atoms with Crippen molar-refractivity contribution in [2.24, 2.45) is 11.5 Å². The van der Waals surface area contributed by atoms with Crippen LogP contribution < -0.4 is 11.5 Å². The predicted molar refractivity (Wildman–Crippen MR) is 187 cm³/mol. The lowest BCUT2D eigenvalue weighted by atomic mass is 9.89. The highest BCUT2D eigenvalue weighted by atomic mass is 14.7. The molecule has 46 heavy (non-hydrogen) atoms. The molecule has 0 radical (unpaired) electrons. The number of rotatable bonds is 8. The van der Waals surface area contributed by atoms with E-state index in [0.717, 1.165) is 24.0 Å². The van der Waals surface area contributed by atoms with Crippen LogP contribution in [0.1, 0.15) is 33.6 Å². The Morgan fingerprint density at radius 2 is 0.978 bits per heavy atom. The van der Waals surface area contributed by atoms with Gasteiger partial charge in [0.25, 0.3) is 0 Å². The molecule has 0 saturated carbocycles. The Morgan fingerprint density at radius 3 is 1.39 bits per heavy atom. The van der Waals surface area contributed by atoms with Gasteiger partial charge >= 0.3 is 0 Å². The summed E-state index contributed by atoms with van der Waals surface area (Å²) in [5.41, 5.74) is 18.4. The van der Waals surface area contributed by atoms with Crippen LogP contribution in [0, 0.1) is 22.7 Å². The molecule has 6 nitrogen and oxygen atoms in total. The van der Waals surface area contributed by atoms with Crippen molar-refractivity contribution >= 4 is 43.7 Å². The average Bonchev–Trinajstić information content (AvgIpc) is 3.11. The third-order valence-corrected chi connectivity index (χ3v) is 7.97. The van der Waals surface area contributed by atoms with Crippen molar-refractivity contribution in [3.63, 3.8) is 0 Å². The second-order valence-electron chi connectivity index (χ2n) is 10.8. The quantitative estimate of drug-likeness (QED) is 0.136. The molecule has 0 aliphatic rings. The third-order valence-electron chi connectivity index (χ3n) is 7.97. The van der Waals surface area contributed by atoms with Crippen molar-refractivity contribution in [3.05, 3.63) is 167 Å².